The second-order valence-corrected chi connectivity index (χ2v) is 4.44. The van der Waals surface area contributed by atoms with Crippen molar-refractivity contribution in [3.8, 4) is 17.1 Å². The Balaban J connectivity index is 2.25. The summed E-state index contributed by atoms with van der Waals surface area (Å²) in [6.07, 6.45) is 0. The monoisotopic (exact) mass is 286 g/mol. The van der Waals surface area contributed by atoms with Crippen LogP contribution in [0.4, 0.5) is 8.78 Å². The van der Waals surface area contributed by atoms with Crippen molar-refractivity contribution in [2.75, 3.05) is 0 Å². The number of para-hydroxylation sites is 1. The average molecular weight is 286 g/mol. The standard InChI is InChI=1S/C15H12F2N4/c16-10-6-7-13(17)12(8-10)15-20-19-14(9-18)21(15)11-4-2-1-3-5-11/h1-8H,9,18H2. The van der Waals surface area contributed by atoms with E-state index in [-0.39, 0.29) is 17.9 Å². The van der Waals surface area contributed by atoms with Crippen molar-refractivity contribution in [3.63, 3.8) is 0 Å². The van der Waals surface area contributed by atoms with Gasteiger partial charge in [-0.25, -0.2) is 8.78 Å². The van der Waals surface area contributed by atoms with Crippen LogP contribution in [-0.4, -0.2) is 14.8 Å². The Kier molecular flexibility index (Phi) is 3.45. The van der Waals surface area contributed by atoms with E-state index in [2.05, 4.69) is 10.2 Å². The molecule has 21 heavy (non-hydrogen) atoms. The van der Waals surface area contributed by atoms with Gasteiger partial charge in [-0.05, 0) is 30.3 Å². The number of nitrogens with two attached hydrogens (primary N) is 1. The molecule has 2 aromatic carbocycles. The Hall–Kier alpha value is -2.60. The molecule has 0 fully saturated rings. The van der Waals surface area contributed by atoms with E-state index < -0.39 is 11.6 Å². The predicted octanol–water partition coefficient (Wildman–Crippen LogP) is 2.67. The van der Waals surface area contributed by atoms with Crippen LogP contribution in [-0.2, 0) is 6.54 Å². The highest BCUT2D eigenvalue weighted by molar-refractivity contribution is 5.59. The lowest BCUT2D eigenvalue weighted by Gasteiger charge is -2.10. The summed E-state index contributed by atoms with van der Waals surface area (Å²) in [6, 6.07) is 12.4. The van der Waals surface area contributed by atoms with Crippen molar-refractivity contribution in [1.29, 1.82) is 0 Å². The van der Waals surface area contributed by atoms with Crippen molar-refractivity contribution in [1.82, 2.24) is 14.8 Å². The van der Waals surface area contributed by atoms with Gasteiger partial charge >= 0.3 is 0 Å². The summed E-state index contributed by atoms with van der Waals surface area (Å²) in [5, 5.41) is 7.92. The van der Waals surface area contributed by atoms with Gasteiger partial charge in [0.25, 0.3) is 0 Å². The fourth-order valence-electron chi connectivity index (χ4n) is 2.14. The number of halogens is 2. The maximum atomic E-state index is 14.0. The Morgan fingerprint density at radius 3 is 2.48 bits per heavy atom. The highest BCUT2D eigenvalue weighted by Crippen LogP contribution is 2.25. The lowest BCUT2D eigenvalue weighted by atomic mass is 10.2. The van der Waals surface area contributed by atoms with Gasteiger partial charge in [-0.15, -0.1) is 10.2 Å². The van der Waals surface area contributed by atoms with Gasteiger partial charge < -0.3 is 5.73 Å². The van der Waals surface area contributed by atoms with Crippen LogP contribution < -0.4 is 5.73 Å². The zero-order chi connectivity index (χ0) is 14.8. The molecule has 4 nitrogen and oxygen atoms in total. The lowest BCUT2D eigenvalue weighted by Crippen LogP contribution is -2.08. The number of aromatic nitrogens is 3. The summed E-state index contributed by atoms with van der Waals surface area (Å²) < 4.78 is 29.0. The first-order chi connectivity index (χ1) is 10.2. The lowest BCUT2D eigenvalue weighted by molar-refractivity contribution is 0.601. The average Bonchev–Trinajstić information content (AvgIpc) is 2.94. The second-order valence-electron chi connectivity index (χ2n) is 4.44. The molecule has 2 N–H and O–H groups in total. The fraction of sp³-hybridized carbons (Fsp3) is 0.0667. The Labute approximate surface area is 119 Å². The predicted molar refractivity (Wildman–Crippen MR) is 74.6 cm³/mol. The maximum absolute atomic E-state index is 14.0. The third-order valence-electron chi connectivity index (χ3n) is 3.10. The smallest absolute Gasteiger partial charge is 0.171 e. The van der Waals surface area contributed by atoms with Gasteiger partial charge in [0.2, 0.25) is 0 Å². The molecule has 3 aromatic rings. The van der Waals surface area contributed by atoms with Crippen LogP contribution in [0.2, 0.25) is 0 Å². The summed E-state index contributed by atoms with van der Waals surface area (Å²) >= 11 is 0. The molecule has 0 spiro atoms. The van der Waals surface area contributed by atoms with E-state index in [1.54, 1.807) is 4.57 Å². The quantitative estimate of drug-likeness (QED) is 0.805. The van der Waals surface area contributed by atoms with Crippen molar-refractivity contribution >= 4 is 0 Å². The van der Waals surface area contributed by atoms with Gasteiger partial charge in [0.1, 0.15) is 11.6 Å². The van der Waals surface area contributed by atoms with E-state index in [1.807, 2.05) is 30.3 Å². The molecule has 0 radical (unpaired) electrons. The first kappa shape index (κ1) is 13.4. The summed E-state index contributed by atoms with van der Waals surface area (Å²) in [6.45, 7) is 0.138. The van der Waals surface area contributed by atoms with Crippen molar-refractivity contribution < 1.29 is 8.78 Å². The Morgan fingerprint density at radius 2 is 1.76 bits per heavy atom. The molecular formula is C15H12F2N4. The zero-order valence-corrected chi connectivity index (χ0v) is 11.0. The number of rotatable bonds is 3. The molecule has 0 amide bonds. The molecule has 0 unspecified atom stereocenters. The number of hydrogen-bond donors (Lipinski definition) is 1. The maximum Gasteiger partial charge on any atom is 0.171 e. The Morgan fingerprint density at radius 1 is 1.00 bits per heavy atom. The van der Waals surface area contributed by atoms with Gasteiger partial charge in [0.05, 0.1) is 12.1 Å². The molecule has 0 aliphatic rings. The summed E-state index contributed by atoms with van der Waals surface area (Å²) in [5.74, 6) is -0.411. The normalized spacial score (nSPS) is 10.8. The van der Waals surface area contributed by atoms with Crippen LogP contribution in [0, 0.1) is 11.6 Å². The number of nitrogens with zero attached hydrogens (tertiary/aromatic N) is 3. The van der Waals surface area contributed by atoms with Gasteiger partial charge in [-0.2, -0.15) is 0 Å². The minimum Gasteiger partial charge on any atom is -0.324 e. The van der Waals surface area contributed by atoms with E-state index in [4.69, 9.17) is 5.73 Å². The summed E-state index contributed by atoms with van der Waals surface area (Å²) in [5.41, 5.74) is 6.44. The SMILES string of the molecule is NCc1nnc(-c2cc(F)ccc2F)n1-c1ccccc1. The van der Waals surface area contributed by atoms with Crippen molar-refractivity contribution in [2.24, 2.45) is 5.73 Å². The van der Waals surface area contributed by atoms with Gasteiger partial charge in [0, 0.05) is 5.69 Å². The van der Waals surface area contributed by atoms with E-state index >= 15 is 0 Å². The van der Waals surface area contributed by atoms with Crippen LogP contribution in [0.5, 0.6) is 0 Å². The van der Waals surface area contributed by atoms with Gasteiger partial charge in [0.15, 0.2) is 11.6 Å². The molecule has 6 heteroatoms. The summed E-state index contributed by atoms with van der Waals surface area (Å²) in [7, 11) is 0. The molecule has 0 aliphatic carbocycles. The van der Waals surface area contributed by atoms with Gasteiger partial charge in [-0.3, -0.25) is 4.57 Å². The van der Waals surface area contributed by atoms with Crippen LogP contribution in [0.25, 0.3) is 17.1 Å². The molecule has 1 aromatic heterocycles. The topological polar surface area (TPSA) is 56.7 Å². The molecular weight excluding hydrogens is 274 g/mol. The van der Waals surface area contributed by atoms with Crippen molar-refractivity contribution in [3.05, 3.63) is 66.0 Å². The Bertz CT molecular complexity index is 769. The largest absolute Gasteiger partial charge is 0.324 e. The minimum atomic E-state index is -0.565. The van der Waals surface area contributed by atoms with Gasteiger partial charge in [-0.1, -0.05) is 18.2 Å². The molecule has 0 bridgehead atoms. The second kappa shape index (κ2) is 5.41. The molecule has 1 heterocycles. The molecule has 0 atom stereocenters. The van der Waals surface area contributed by atoms with Crippen molar-refractivity contribution in [2.45, 2.75) is 6.54 Å². The van der Waals surface area contributed by atoms with Crippen LogP contribution in [0.1, 0.15) is 5.82 Å². The third-order valence-corrected chi connectivity index (χ3v) is 3.10. The molecule has 3 rings (SSSR count). The van der Waals surface area contributed by atoms with Crippen LogP contribution >= 0.6 is 0 Å². The minimum absolute atomic E-state index is 0.0473. The first-order valence-electron chi connectivity index (χ1n) is 6.36. The van der Waals surface area contributed by atoms with Crippen LogP contribution in [0.3, 0.4) is 0 Å². The summed E-state index contributed by atoms with van der Waals surface area (Å²) in [4.78, 5) is 0. The molecule has 106 valence electrons. The van der Waals surface area contributed by atoms with E-state index in [0.717, 1.165) is 23.9 Å². The molecule has 0 saturated heterocycles. The van der Waals surface area contributed by atoms with Crippen LogP contribution in [0.15, 0.2) is 48.5 Å². The third kappa shape index (κ3) is 2.41. The molecule has 0 aliphatic heterocycles. The first-order valence-corrected chi connectivity index (χ1v) is 6.36. The van der Waals surface area contributed by atoms with E-state index in [9.17, 15) is 8.78 Å². The zero-order valence-electron chi connectivity index (χ0n) is 11.0. The molecule has 0 saturated carbocycles. The highest BCUT2D eigenvalue weighted by Gasteiger charge is 2.18. The highest BCUT2D eigenvalue weighted by atomic mass is 19.1. The van der Waals surface area contributed by atoms with E-state index in [1.165, 1.54) is 0 Å². The fourth-order valence-corrected chi connectivity index (χ4v) is 2.14. The number of hydrogen-bond acceptors (Lipinski definition) is 3. The van der Waals surface area contributed by atoms with E-state index in [0.29, 0.717) is 5.82 Å². The number of benzene rings is 2.